The number of aromatic amines is 1. The molecule has 26 heavy (non-hydrogen) atoms. The number of nitrogens with one attached hydrogen (secondary N) is 2. The van der Waals surface area contributed by atoms with Crippen LogP contribution in [0.5, 0.6) is 5.75 Å². The van der Waals surface area contributed by atoms with Crippen molar-refractivity contribution in [1.82, 2.24) is 10.2 Å². The highest BCUT2D eigenvalue weighted by Gasteiger charge is 2.14. The summed E-state index contributed by atoms with van der Waals surface area (Å²) >= 11 is 0. The number of carbonyl (C=O) groups excluding carboxylic acids is 1. The number of anilines is 1. The zero-order valence-corrected chi connectivity index (χ0v) is 14.5. The highest BCUT2D eigenvalue weighted by Crippen LogP contribution is 2.32. The minimum Gasteiger partial charge on any atom is -0.490 e. The van der Waals surface area contributed by atoms with Gasteiger partial charge < -0.3 is 14.8 Å². The fourth-order valence-electron chi connectivity index (χ4n) is 2.65. The number of aromatic nitrogens is 2. The molecular weight excluding hydrogens is 332 g/mol. The van der Waals surface area contributed by atoms with Crippen molar-refractivity contribution in [2.75, 3.05) is 25.6 Å². The van der Waals surface area contributed by atoms with Crippen LogP contribution in [0, 0.1) is 11.3 Å². The fourth-order valence-corrected chi connectivity index (χ4v) is 2.65. The second-order valence-electron chi connectivity index (χ2n) is 5.68. The van der Waals surface area contributed by atoms with Gasteiger partial charge in [-0.25, -0.2) is 0 Å². The third-order valence-corrected chi connectivity index (χ3v) is 3.78. The number of carbonyl (C=O) groups is 1. The van der Waals surface area contributed by atoms with E-state index in [4.69, 9.17) is 9.47 Å². The Labute approximate surface area is 150 Å². The normalized spacial score (nSPS) is 10.5. The topological polar surface area (TPSA) is 100 Å². The quantitative estimate of drug-likeness (QED) is 0.666. The Hall–Kier alpha value is -3.37. The molecule has 3 rings (SSSR count). The van der Waals surface area contributed by atoms with E-state index in [1.54, 1.807) is 19.2 Å². The first-order valence-electron chi connectivity index (χ1n) is 8.04. The summed E-state index contributed by atoms with van der Waals surface area (Å²) in [6, 6.07) is 13.1. The van der Waals surface area contributed by atoms with Crippen LogP contribution in [0.15, 0.2) is 36.4 Å². The molecule has 0 saturated carbocycles. The predicted octanol–water partition coefficient (Wildman–Crippen LogP) is 3.09. The number of nitrogens with zero attached hydrogens (tertiary/aromatic N) is 2. The Morgan fingerprint density at radius 3 is 2.88 bits per heavy atom. The Bertz CT molecular complexity index is 988. The molecule has 0 aliphatic heterocycles. The van der Waals surface area contributed by atoms with Gasteiger partial charge >= 0.3 is 0 Å². The van der Waals surface area contributed by atoms with Crippen LogP contribution in [0.1, 0.15) is 12.5 Å². The van der Waals surface area contributed by atoms with Crippen LogP contribution in [0.3, 0.4) is 0 Å². The SMILES string of the molecule is COCCOc1cc2c(-c3cccc(NC(C)=O)c3)n[nH]c2cc1C#N. The van der Waals surface area contributed by atoms with Crippen molar-refractivity contribution in [1.29, 1.82) is 5.26 Å². The molecule has 7 heteroatoms. The molecule has 1 heterocycles. The first kappa shape index (κ1) is 17.5. The maximum absolute atomic E-state index is 11.3. The molecule has 7 nitrogen and oxygen atoms in total. The van der Waals surface area contributed by atoms with Crippen LogP contribution in [0.4, 0.5) is 5.69 Å². The number of rotatable bonds is 6. The molecule has 2 N–H and O–H groups in total. The second-order valence-corrected chi connectivity index (χ2v) is 5.68. The number of benzene rings is 2. The first-order chi connectivity index (χ1) is 12.6. The van der Waals surface area contributed by atoms with Gasteiger partial charge in [-0.05, 0) is 24.3 Å². The number of fused-ring (bicyclic) bond motifs is 1. The molecular formula is C19H18N4O3. The lowest BCUT2D eigenvalue weighted by Crippen LogP contribution is -2.05. The minimum atomic E-state index is -0.137. The molecule has 0 atom stereocenters. The smallest absolute Gasteiger partial charge is 0.221 e. The number of ether oxygens (including phenoxy) is 2. The Morgan fingerprint density at radius 1 is 1.31 bits per heavy atom. The maximum Gasteiger partial charge on any atom is 0.221 e. The van der Waals surface area contributed by atoms with Crippen molar-refractivity contribution in [2.24, 2.45) is 0 Å². The van der Waals surface area contributed by atoms with Crippen LogP contribution in [0.2, 0.25) is 0 Å². The van der Waals surface area contributed by atoms with Crippen molar-refractivity contribution in [3.05, 3.63) is 42.0 Å². The van der Waals surface area contributed by atoms with Crippen molar-refractivity contribution < 1.29 is 14.3 Å². The summed E-state index contributed by atoms with van der Waals surface area (Å²) in [5.41, 5.74) is 3.41. The van der Waals surface area contributed by atoms with Gasteiger partial charge in [0, 0.05) is 30.7 Å². The predicted molar refractivity (Wildman–Crippen MR) is 97.9 cm³/mol. The lowest BCUT2D eigenvalue weighted by molar-refractivity contribution is -0.114. The van der Waals surface area contributed by atoms with Crippen molar-refractivity contribution in [3.63, 3.8) is 0 Å². The number of nitriles is 1. The van der Waals surface area contributed by atoms with Crippen LogP contribution in [-0.4, -0.2) is 36.4 Å². The zero-order chi connectivity index (χ0) is 18.5. The molecule has 0 aliphatic rings. The van der Waals surface area contributed by atoms with Crippen molar-refractivity contribution in [3.8, 4) is 23.1 Å². The number of H-pyrrole nitrogens is 1. The van der Waals surface area contributed by atoms with Crippen LogP contribution in [0.25, 0.3) is 22.2 Å². The van der Waals surface area contributed by atoms with E-state index in [1.165, 1.54) is 6.92 Å². The van der Waals surface area contributed by atoms with E-state index < -0.39 is 0 Å². The summed E-state index contributed by atoms with van der Waals surface area (Å²) in [5, 5.41) is 20.3. The van der Waals surface area contributed by atoms with Crippen molar-refractivity contribution in [2.45, 2.75) is 6.92 Å². The van der Waals surface area contributed by atoms with Gasteiger partial charge in [0.1, 0.15) is 24.1 Å². The van der Waals surface area contributed by atoms with E-state index in [2.05, 4.69) is 21.6 Å². The average Bonchev–Trinajstić information content (AvgIpc) is 3.03. The summed E-state index contributed by atoms with van der Waals surface area (Å²) in [7, 11) is 1.59. The molecule has 0 saturated heterocycles. The monoisotopic (exact) mass is 350 g/mol. The molecule has 132 valence electrons. The van der Waals surface area contributed by atoms with Crippen LogP contribution in [-0.2, 0) is 9.53 Å². The summed E-state index contributed by atoms with van der Waals surface area (Å²) in [6.07, 6.45) is 0. The fraction of sp³-hybridized carbons (Fsp3) is 0.211. The standard InChI is InChI=1S/C19H18N4O3/c1-12(24)21-15-5-3-4-13(8-15)19-16-10-18(26-7-6-25-2)14(11-20)9-17(16)22-23-19/h3-5,8-10H,6-7H2,1-2H3,(H,21,24)(H,22,23). The minimum absolute atomic E-state index is 0.137. The van der Waals surface area contributed by atoms with E-state index in [-0.39, 0.29) is 5.91 Å². The first-order valence-corrected chi connectivity index (χ1v) is 8.04. The van der Waals surface area contributed by atoms with Crippen molar-refractivity contribution >= 4 is 22.5 Å². The lowest BCUT2D eigenvalue weighted by Gasteiger charge is -2.08. The van der Waals surface area contributed by atoms with E-state index in [0.717, 1.165) is 16.5 Å². The maximum atomic E-state index is 11.3. The number of hydrogen-bond acceptors (Lipinski definition) is 5. The van der Waals surface area contributed by atoms with Gasteiger partial charge in [0.05, 0.1) is 17.7 Å². The van der Waals surface area contributed by atoms with E-state index in [9.17, 15) is 10.1 Å². The third kappa shape index (κ3) is 3.66. The molecule has 2 aromatic carbocycles. The highest BCUT2D eigenvalue weighted by molar-refractivity contribution is 5.96. The number of methoxy groups -OCH3 is 1. The summed E-state index contributed by atoms with van der Waals surface area (Å²) in [5.74, 6) is 0.347. The number of hydrogen-bond donors (Lipinski definition) is 2. The second kappa shape index (κ2) is 7.68. The summed E-state index contributed by atoms with van der Waals surface area (Å²) in [6.45, 7) is 2.24. The van der Waals surface area contributed by atoms with Gasteiger partial charge in [0.2, 0.25) is 5.91 Å². The number of amides is 1. The molecule has 1 amide bonds. The van der Waals surface area contributed by atoms with Crippen LogP contribution >= 0.6 is 0 Å². The lowest BCUT2D eigenvalue weighted by atomic mass is 10.0. The molecule has 1 aromatic heterocycles. The molecule has 0 fully saturated rings. The van der Waals surface area contributed by atoms with Gasteiger partial charge in [-0.15, -0.1) is 0 Å². The average molecular weight is 350 g/mol. The molecule has 3 aromatic rings. The van der Waals surface area contributed by atoms with E-state index in [0.29, 0.717) is 35.9 Å². The van der Waals surface area contributed by atoms with Gasteiger partial charge in [-0.2, -0.15) is 10.4 Å². The highest BCUT2D eigenvalue weighted by atomic mass is 16.5. The zero-order valence-electron chi connectivity index (χ0n) is 14.5. The Balaban J connectivity index is 2.03. The molecule has 0 spiro atoms. The molecule has 0 aliphatic carbocycles. The van der Waals surface area contributed by atoms with E-state index >= 15 is 0 Å². The molecule has 0 bridgehead atoms. The summed E-state index contributed by atoms with van der Waals surface area (Å²) in [4.78, 5) is 11.3. The van der Waals surface area contributed by atoms with Gasteiger partial charge in [-0.1, -0.05) is 12.1 Å². The largest absolute Gasteiger partial charge is 0.490 e. The third-order valence-electron chi connectivity index (χ3n) is 3.78. The Kier molecular flexibility index (Phi) is 5.15. The van der Waals surface area contributed by atoms with Gasteiger partial charge in [0.25, 0.3) is 0 Å². The molecule has 0 unspecified atom stereocenters. The van der Waals surface area contributed by atoms with Crippen LogP contribution < -0.4 is 10.1 Å². The summed E-state index contributed by atoms with van der Waals surface area (Å²) < 4.78 is 10.7. The Morgan fingerprint density at radius 2 is 2.15 bits per heavy atom. The van der Waals surface area contributed by atoms with Gasteiger partial charge in [0.15, 0.2) is 0 Å². The van der Waals surface area contributed by atoms with E-state index in [1.807, 2.05) is 24.3 Å². The molecule has 0 radical (unpaired) electrons. The van der Waals surface area contributed by atoms with Gasteiger partial charge in [-0.3, -0.25) is 9.89 Å².